The summed E-state index contributed by atoms with van der Waals surface area (Å²) >= 11 is 0. The Hall–Kier alpha value is -3.77. The van der Waals surface area contributed by atoms with Crippen molar-refractivity contribution in [2.45, 2.75) is 58.0 Å². The predicted molar refractivity (Wildman–Crippen MR) is 139 cm³/mol. The number of aliphatic carboxylic acids is 1. The number of alkyl halides is 3. The number of quaternary nitrogens is 1. The SMILES string of the molecule is COC(=O)CNC(=O)[C@@H]1COC/C=C\COC[C@H]([NH3+])C(=O)N[C@@H](C(C)C)C(=O)N[C@@H](C(C)C)C(=O)N1.O=C([O-])C(F)(F)F. The van der Waals surface area contributed by atoms with Gasteiger partial charge < -0.3 is 51.1 Å². The van der Waals surface area contributed by atoms with Crippen LogP contribution in [0.5, 0.6) is 0 Å². The summed E-state index contributed by atoms with van der Waals surface area (Å²) in [5, 5.41) is 19.1. The third-order valence-corrected chi connectivity index (χ3v) is 5.56. The van der Waals surface area contributed by atoms with Crippen molar-refractivity contribution in [2.75, 3.05) is 40.1 Å². The van der Waals surface area contributed by atoms with E-state index in [1.54, 1.807) is 39.8 Å². The maximum Gasteiger partial charge on any atom is 0.430 e. The molecule has 4 amide bonds. The first-order valence-electron chi connectivity index (χ1n) is 13.1. The lowest BCUT2D eigenvalue weighted by atomic mass is 9.99. The predicted octanol–water partition coefficient (Wildman–Crippen LogP) is -3.45. The number of methoxy groups -OCH3 is 1. The van der Waals surface area contributed by atoms with Crippen molar-refractivity contribution in [3.05, 3.63) is 12.2 Å². The van der Waals surface area contributed by atoms with E-state index in [1.165, 1.54) is 7.11 Å². The zero-order valence-electron chi connectivity index (χ0n) is 24.6. The van der Waals surface area contributed by atoms with E-state index in [0.29, 0.717) is 0 Å². The third kappa shape index (κ3) is 15.9. The average molecular weight is 628 g/mol. The Morgan fingerprint density at radius 2 is 1.40 bits per heavy atom. The van der Waals surface area contributed by atoms with E-state index < -0.39 is 65.9 Å². The van der Waals surface area contributed by atoms with Crippen molar-refractivity contribution in [1.29, 1.82) is 0 Å². The molecule has 0 fully saturated rings. The molecule has 246 valence electrons. The lowest BCUT2D eigenvalue weighted by Crippen LogP contribution is -2.71. The van der Waals surface area contributed by atoms with Gasteiger partial charge in [0, 0.05) is 0 Å². The molecule has 1 aliphatic heterocycles. The second-order valence-corrected chi connectivity index (χ2v) is 9.84. The first-order valence-corrected chi connectivity index (χ1v) is 13.1. The molecule has 4 atom stereocenters. The molecular formula is C25H40F3N5O10. The molecule has 18 heteroatoms. The number of nitrogens with one attached hydrogen (secondary N) is 4. The van der Waals surface area contributed by atoms with Crippen LogP contribution in [0, 0.1) is 11.8 Å². The van der Waals surface area contributed by atoms with Crippen molar-refractivity contribution in [3.8, 4) is 0 Å². The van der Waals surface area contributed by atoms with Gasteiger partial charge in [-0.05, 0) is 11.8 Å². The number of carboxylic acids is 1. The molecule has 0 bridgehead atoms. The Morgan fingerprint density at radius 3 is 1.84 bits per heavy atom. The minimum Gasteiger partial charge on any atom is -0.542 e. The van der Waals surface area contributed by atoms with Crippen molar-refractivity contribution in [1.82, 2.24) is 21.3 Å². The molecule has 0 spiro atoms. The van der Waals surface area contributed by atoms with E-state index in [-0.39, 0.29) is 44.8 Å². The number of rotatable bonds is 5. The molecule has 1 aliphatic rings. The van der Waals surface area contributed by atoms with E-state index in [2.05, 4.69) is 31.7 Å². The molecule has 15 nitrogen and oxygen atoms in total. The number of carbonyl (C=O) groups is 6. The third-order valence-electron chi connectivity index (χ3n) is 5.56. The molecule has 0 aliphatic carbocycles. The molecule has 0 saturated heterocycles. The molecule has 7 N–H and O–H groups in total. The quantitative estimate of drug-likeness (QED) is 0.150. The molecule has 0 radical (unpaired) electrons. The largest absolute Gasteiger partial charge is 0.542 e. The average Bonchev–Trinajstić information content (AvgIpc) is 2.92. The number of esters is 1. The highest BCUT2D eigenvalue weighted by Crippen LogP contribution is 2.11. The van der Waals surface area contributed by atoms with Gasteiger partial charge in [0.2, 0.25) is 17.7 Å². The fourth-order valence-electron chi connectivity index (χ4n) is 3.13. The van der Waals surface area contributed by atoms with Gasteiger partial charge in [-0.2, -0.15) is 13.2 Å². The molecular weight excluding hydrogens is 587 g/mol. The van der Waals surface area contributed by atoms with E-state index >= 15 is 0 Å². The van der Waals surface area contributed by atoms with Crippen LogP contribution in [0.1, 0.15) is 27.7 Å². The van der Waals surface area contributed by atoms with Gasteiger partial charge in [0.1, 0.15) is 37.2 Å². The number of halogens is 3. The summed E-state index contributed by atoms with van der Waals surface area (Å²) < 4.78 is 47.0. The molecule has 43 heavy (non-hydrogen) atoms. The maximum absolute atomic E-state index is 13.1. The molecule has 0 aromatic heterocycles. The maximum atomic E-state index is 13.1. The zero-order chi connectivity index (χ0) is 33.3. The van der Waals surface area contributed by atoms with Crippen LogP contribution >= 0.6 is 0 Å². The van der Waals surface area contributed by atoms with Gasteiger partial charge >= 0.3 is 12.1 Å². The molecule has 0 saturated carbocycles. The second kappa shape index (κ2) is 19.4. The first-order chi connectivity index (χ1) is 19.9. The fourth-order valence-corrected chi connectivity index (χ4v) is 3.13. The molecule has 1 rings (SSSR count). The van der Waals surface area contributed by atoms with Gasteiger partial charge in [0.25, 0.3) is 5.91 Å². The van der Waals surface area contributed by atoms with Crippen LogP contribution in [-0.4, -0.2) is 106 Å². The Bertz CT molecular complexity index is 991. The Balaban J connectivity index is 0.00000223. The Labute approximate surface area is 246 Å². The van der Waals surface area contributed by atoms with Crippen LogP contribution in [0.15, 0.2) is 12.2 Å². The summed E-state index contributed by atoms with van der Waals surface area (Å²) in [5.74, 6) is -6.56. The van der Waals surface area contributed by atoms with E-state index in [4.69, 9.17) is 19.4 Å². The van der Waals surface area contributed by atoms with Crippen LogP contribution in [0.2, 0.25) is 0 Å². The van der Waals surface area contributed by atoms with Crippen molar-refractivity contribution < 1.29 is 67.0 Å². The number of carboxylic acid groups (broad SMARTS) is 1. The summed E-state index contributed by atoms with van der Waals surface area (Å²) in [7, 11) is 1.19. The highest BCUT2D eigenvalue weighted by Gasteiger charge is 2.34. The topological polar surface area (TPSA) is 229 Å². The van der Waals surface area contributed by atoms with Crippen molar-refractivity contribution in [2.24, 2.45) is 11.8 Å². The molecule has 1 heterocycles. The van der Waals surface area contributed by atoms with E-state index in [9.17, 15) is 37.1 Å². The van der Waals surface area contributed by atoms with Crippen LogP contribution in [0.25, 0.3) is 0 Å². The summed E-state index contributed by atoms with van der Waals surface area (Å²) in [4.78, 5) is 71.6. The number of hydrogen-bond acceptors (Lipinski definition) is 10. The van der Waals surface area contributed by atoms with E-state index in [1.807, 2.05) is 0 Å². The van der Waals surface area contributed by atoms with Gasteiger partial charge in [0.05, 0.1) is 26.9 Å². The monoisotopic (exact) mass is 627 g/mol. The number of hydrogen-bond donors (Lipinski definition) is 5. The standard InChI is InChI=1S/C23H39N5O8.C2HF3O2/c1-13(2)18-22(32)26-16(21(31)25-10-17(29)34-5)12-36-9-7-6-8-35-11-15(24)20(30)27-19(14(3)4)23(33)28-18;3-2(4,5)1(6)7/h6-7,13-16,18-19H,8-12,24H2,1-5H3,(H,25,31)(H,26,32)(H,27,30)(H,28,33);(H,6,7)/b7-6-;/t15-,16-,18-,19-;/m0./s1. The zero-order valence-corrected chi connectivity index (χ0v) is 24.6. The van der Waals surface area contributed by atoms with Crippen molar-refractivity contribution in [3.63, 3.8) is 0 Å². The van der Waals surface area contributed by atoms with Crippen LogP contribution < -0.4 is 32.1 Å². The minimum absolute atomic E-state index is 0.0446. The minimum atomic E-state index is -5.19. The Kier molecular flexibility index (Phi) is 17.7. The first kappa shape index (κ1) is 39.2. The Morgan fingerprint density at radius 1 is 0.953 bits per heavy atom. The lowest BCUT2D eigenvalue weighted by molar-refractivity contribution is -0.410. The lowest BCUT2D eigenvalue weighted by Gasteiger charge is -2.28. The summed E-state index contributed by atoms with van der Waals surface area (Å²) in [6.45, 7) is 6.79. The highest BCUT2D eigenvalue weighted by atomic mass is 19.4. The van der Waals surface area contributed by atoms with Crippen LogP contribution in [0.4, 0.5) is 13.2 Å². The van der Waals surface area contributed by atoms with Gasteiger partial charge in [-0.25, -0.2) is 0 Å². The molecule has 0 aromatic rings. The summed E-state index contributed by atoms with van der Waals surface area (Å²) in [6.07, 6.45) is -1.85. The second-order valence-electron chi connectivity index (χ2n) is 9.84. The normalized spacial score (nSPS) is 23.7. The van der Waals surface area contributed by atoms with Crippen LogP contribution in [0.3, 0.4) is 0 Å². The number of carbonyl (C=O) groups excluding carboxylic acids is 6. The van der Waals surface area contributed by atoms with Gasteiger partial charge in [0.15, 0.2) is 6.04 Å². The van der Waals surface area contributed by atoms with E-state index in [0.717, 1.165) is 0 Å². The highest BCUT2D eigenvalue weighted by molar-refractivity contribution is 5.95. The number of ether oxygens (including phenoxy) is 3. The summed E-state index contributed by atoms with van der Waals surface area (Å²) in [6, 6.07) is -3.81. The van der Waals surface area contributed by atoms with Crippen molar-refractivity contribution >= 4 is 35.6 Å². The molecule has 0 unspecified atom stereocenters. The summed E-state index contributed by atoms with van der Waals surface area (Å²) in [5.41, 5.74) is 3.79. The van der Waals surface area contributed by atoms with Gasteiger partial charge in [-0.3, -0.25) is 24.0 Å². The van der Waals surface area contributed by atoms with Gasteiger partial charge in [-0.1, -0.05) is 39.8 Å². The smallest absolute Gasteiger partial charge is 0.430 e. The number of amides is 4. The van der Waals surface area contributed by atoms with Crippen LogP contribution in [-0.2, 0) is 43.0 Å². The molecule has 0 aromatic carbocycles. The van der Waals surface area contributed by atoms with Gasteiger partial charge in [-0.15, -0.1) is 0 Å². The fraction of sp³-hybridized carbons (Fsp3) is 0.680.